The molecule has 1 aliphatic heterocycles. The van der Waals surface area contributed by atoms with Crippen LogP contribution in [0.1, 0.15) is 49.3 Å². The van der Waals surface area contributed by atoms with Crippen LogP contribution in [0.5, 0.6) is 0 Å². The quantitative estimate of drug-likeness (QED) is 0.554. The molecule has 0 spiro atoms. The van der Waals surface area contributed by atoms with Crippen molar-refractivity contribution < 1.29 is 4.79 Å². The minimum absolute atomic E-state index is 0.170. The number of benzene rings is 1. The van der Waals surface area contributed by atoms with E-state index in [4.69, 9.17) is 0 Å². The van der Waals surface area contributed by atoms with E-state index >= 15 is 0 Å². The van der Waals surface area contributed by atoms with E-state index in [0.717, 1.165) is 42.4 Å². The monoisotopic (exact) mass is 433 g/mol. The predicted molar refractivity (Wildman–Crippen MR) is 122 cm³/mol. The van der Waals surface area contributed by atoms with Crippen LogP contribution in [0.4, 0.5) is 0 Å². The molecular formula is C24H27N5OS. The molecule has 0 saturated heterocycles. The maximum Gasteiger partial charge on any atom is 0.233 e. The highest BCUT2D eigenvalue weighted by Gasteiger charge is 2.26. The minimum Gasteiger partial charge on any atom is -0.337 e. The maximum atomic E-state index is 13.0. The van der Waals surface area contributed by atoms with Crippen molar-refractivity contribution in [1.82, 2.24) is 24.6 Å². The summed E-state index contributed by atoms with van der Waals surface area (Å²) in [5.41, 5.74) is 3.65. The highest BCUT2D eigenvalue weighted by Crippen LogP contribution is 2.35. The highest BCUT2D eigenvalue weighted by atomic mass is 32.2. The summed E-state index contributed by atoms with van der Waals surface area (Å²) in [6.45, 7) is 1.49. The minimum atomic E-state index is 0.170. The molecule has 31 heavy (non-hydrogen) atoms. The Morgan fingerprint density at radius 1 is 1.00 bits per heavy atom. The molecule has 5 rings (SSSR count). The van der Waals surface area contributed by atoms with Gasteiger partial charge >= 0.3 is 0 Å². The molecule has 1 aliphatic carbocycles. The smallest absolute Gasteiger partial charge is 0.233 e. The van der Waals surface area contributed by atoms with E-state index in [1.54, 1.807) is 12.4 Å². The first-order valence-electron chi connectivity index (χ1n) is 11.1. The predicted octanol–water partition coefficient (Wildman–Crippen LogP) is 4.52. The van der Waals surface area contributed by atoms with E-state index < -0.39 is 0 Å². The second-order valence-electron chi connectivity index (χ2n) is 8.33. The fourth-order valence-corrected chi connectivity index (χ4v) is 5.58. The summed E-state index contributed by atoms with van der Waals surface area (Å²) < 4.78 is 2.28. The second kappa shape index (κ2) is 9.22. The average Bonchev–Trinajstić information content (AvgIpc) is 3.27. The maximum absolute atomic E-state index is 13.0. The summed E-state index contributed by atoms with van der Waals surface area (Å²) in [7, 11) is 0. The van der Waals surface area contributed by atoms with Gasteiger partial charge in [0.25, 0.3) is 0 Å². The average molecular weight is 434 g/mol. The third-order valence-electron chi connectivity index (χ3n) is 6.35. The van der Waals surface area contributed by atoms with Gasteiger partial charge in [-0.15, -0.1) is 10.2 Å². The van der Waals surface area contributed by atoms with E-state index in [9.17, 15) is 4.79 Å². The Hall–Kier alpha value is -2.67. The summed E-state index contributed by atoms with van der Waals surface area (Å²) in [5.74, 6) is 1.45. The van der Waals surface area contributed by atoms with Crippen LogP contribution in [0.15, 0.2) is 53.9 Å². The molecule has 1 amide bonds. The standard InChI is InChI=1S/C24H27N5OS/c30-22(28-15-12-18-6-4-5-7-20(18)16-28)17-31-24-27-26-23(19-10-13-25-14-11-19)29(24)21-8-2-1-3-9-21/h4-7,10-11,13-14,21H,1-3,8-9,12,15-17H2. The van der Waals surface area contributed by atoms with Crippen LogP contribution >= 0.6 is 11.8 Å². The zero-order valence-electron chi connectivity index (χ0n) is 17.6. The Bertz CT molecular complexity index is 1050. The van der Waals surface area contributed by atoms with Gasteiger partial charge in [-0.05, 0) is 42.5 Å². The van der Waals surface area contributed by atoms with Gasteiger partial charge in [-0.2, -0.15) is 0 Å². The van der Waals surface area contributed by atoms with Gasteiger partial charge in [0.05, 0.1) is 5.75 Å². The van der Waals surface area contributed by atoms with Crippen LogP contribution in [-0.2, 0) is 17.8 Å². The fraction of sp³-hybridized carbons (Fsp3) is 0.417. The molecule has 2 aromatic heterocycles. The van der Waals surface area contributed by atoms with Gasteiger partial charge in [-0.3, -0.25) is 14.3 Å². The largest absolute Gasteiger partial charge is 0.337 e. The number of carbonyl (C=O) groups is 1. The molecule has 0 radical (unpaired) electrons. The number of aromatic nitrogens is 4. The van der Waals surface area contributed by atoms with E-state index in [2.05, 4.69) is 44.0 Å². The van der Waals surface area contributed by atoms with E-state index in [1.807, 2.05) is 17.0 Å². The number of nitrogens with zero attached hydrogens (tertiary/aromatic N) is 5. The summed E-state index contributed by atoms with van der Waals surface area (Å²) in [6, 6.07) is 12.8. The molecule has 3 aromatic rings. The van der Waals surface area contributed by atoms with Crippen molar-refractivity contribution in [3.05, 3.63) is 59.9 Å². The molecule has 160 valence electrons. The van der Waals surface area contributed by atoms with Crippen molar-refractivity contribution in [2.75, 3.05) is 12.3 Å². The molecule has 1 saturated carbocycles. The van der Waals surface area contributed by atoms with Crippen molar-refractivity contribution in [3.63, 3.8) is 0 Å². The summed E-state index contributed by atoms with van der Waals surface area (Å²) in [5, 5.41) is 9.88. The van der Waals surface area contributed by atoms with E-state index in [0.29, 0.717) is 18.3 Å². The summed E-state index contributed by atoms with van der Waals surface area (Å²) in [4.78, 5) is 19.1. The van der Waals surface area contributed by atoms with Crippen LogP contribution in [-0.4, -0.2) is 42.9 Å². The van der Waals surface area contributed by atoms with Crippen LogP contribution < -0.4 is 0 Å². The lowest BCUT2D eigenvalue weighted by Crippen LogP contribution is -2.37. The first-order chi connectivity index (χ1) is 15.3. The van der Waals surface area contributed by atoms with Crippen molar-refractivity contribution >= 4 is 17.7 Å². The Labute approximate surface area is 187 Å². The number of rotatable bonds is 5. The lowest BCUT2D eigenvalue weighted by Gasteiger charge is -2.29. The van der Waals surface area contributed by atoms with Crippen LogP contribution in [0, 0.1) is 0 Å². The third kappa shape index (κ3) is 4.37. The van der Waals surface area contributed by atoms with Crippen LogP contribution in [0.2, 0.25) is 0 Å². The third-order valence-corrected chi connectivity index (χ3v) is 7.28. The topological polar surface area (TPSA) is 63.9 Å². The molecule has 0 unspecified atom stereocenters. The lowest BCUT2D eigenvalue weighted by molar-refractivity contribution is -0.129. The van der Waals surface area contributed by atoms with Crippen molar-refractivity contribution in [2.45, 2.75) is 56.3 Å². The van der Waals surface area contributed by atoms with Gasteiger partial charge in [0.2, 0.25) is 5.91 Å². The molecule has 1 aromatic carbocycles. The van der Waals surface area contributed by atoms with E-state index in [1.165, 1.54) is 42.2 Å². The first kappa shape index (κ1) is 20.2. The van der Waals surface area contributed by atoms with Crippen LogP contribution in [0.3, 0.4) is 0 Å². The summed E-state index contributed by atoms with van der Waals surface area (Å²) >= 11 is 1.52. The van der Waals surface area contributed by atoms with Crippen molar-refractivity contribution in [3.8, 4) is 11.4 Å². The first-order valence-corrected chi connectivity index (χ1v) is 12.1. The normalized spacial score (nSPS) is 16.8. The van der Waals surface area contributed by atoms with E-state index in [-0.39, 0.29) is 5.91 Å². The molecule has 2 aliphatic rings. The zero-order chi connectivity index (χ0) is 21.0. The highest BCUT2D eigenvalue weighted by molar-refractivity contribution is 7.99. The molecule has 3 heterocycles. The van der Waals surface area contributed by atoms with Crippen molar-refractivity contribution in [1.29, 1.82) is 0 Å². The molecule has 0 N–H and O–H groups in total. The Balaban J connectivity index is 1.33. The molecule has 0 bridgehead atoms. The number of hydrogen-bond acceptors (Lipinski definition) is 5. The van der Waals surface area contributed by atoms with Gasteiger partial charge in [-0.1, -0.05) is 55.3 Å². The number of hydrogen-bond donors (Lipinski definition) is 0. The number of fused-ring (bicyclic) bond motifs is 1. The zero-order valence-corrected chi connectivity index (χ0v) is 18.4. The lowest BCUT2D eigenvalue weighted by atomic mass is 9.95. The fourth-order valence-electron chi connectivity index (χ4n) is 4.67. The van der Waals surface area contributed by atoms with Gasteiger partial charge in [0.1, 0.15) is 0 Å². The van der Waals surface area contributed by atoms with Gasteiger partial charge < -0.3 is 4.90 Å². The summed E-state index contributed by atoms with van der Waals surface area (Å²) in [6.07, 6.45) is 10.5. The molecule has 1 fully saturated rings. The molecule has 7 heteroatoms. The number of amides is 1. The number of pyridine rings is 1. The van der Waals surface area contributed by atoms with Crippen molar-refractivity contribution in [2.24, 2.45) is 0 Å². The molecule has 6 nitrogen and oxygen atoms in total. The Kier molecular flexibility index (Phi) is 6.02. The van der Waals surface area contributed by atoms with Gasteiger partial charge in [-0.25, -0.2) is 0 Å². The molecular weight excluding hydrogens is 406 g/mol. The number of thioether (sulfide) groups is 1. The SMILES string of the molecule is O=C(CSc1nnc(-c2ccncc2)n1C1CCCCC1)N1CCc2ccccc2C1. The Morgan fingerprint density at radius 2 is 1.77 bits per heavy atom. The second-order valence-corrected chi connectivity index (χ2v) is 9.27. The number of carbonyl (C=O) groups excluding carboxylic acids is 1. The van der Waals surface area contributed by atoms with Gasteiger partial charge in [0.15, 0.2) is 11.0 Å². The Morgan fingerprint density at radius 3 is 2.58 bits per heavy atom. The van der Waals surface area contributed by atoms with Gasteiger partial charge in [0, 0.05) is 37.1 Å². The molecule has 0 atom stereocenters. The van der Waals surface area contributed by atoms with Crippen LogP contribution in [0.25, 0.3) is 11.4 Å².